The monoisotopic (exact) mass is 469 g/mol. The lowest BCUT2D eigenvalue weighted by Gasteiger charge is -2.31. The average molecular weight is 470 g/mol. The number of carbonyl (C=O) groups excluding carboxylic acids is 1. The zero-order valence-corrected chi connectivity index (χ0v) is 19.8. The molecule has 0 unspecified atom stereocenters. The van der Waals surface area contributed by atoms with Crippen molar-refractivity contribution in [1.29, 1.82) is 0 Å². The summed E-state index contributed by atoms with van der Waals surface area (Å²) in [5, 5.41) is 1.41. The molecule has 0 N–H and O–H groups in total. The molecule has 1 saturated heterocycles. The third-order valence-corrected chi connectivity index (χ3v) is 8.29. The number of thiophene rings is 1. The summed E-state index contributed by atoms with van der Waals surface area (Å²) in [7, 11) is 0. The van der Waals surface area contributed by atoms with E-state index in [2.05, 4.69) is 0 Å². The van der Waals surface area contributed by atoms with Crippen LogP contribution in [0.4, 0.5) is 0 Å². The first-order valence-electron chi connectivity index (χ1n) is 11.2. The number of fused-ring (bicyclic) bond motifs is 3. The SMILES string of the molecule is C[C@@H]1CN(C(=O)CSc2nc3sc4c(c3c(=O)n2Cc2ccccc2)CCCC4)CCO1. The minimum absolute atomic E-state index is 0.0215. The lowest BCUT2D eigenvalue weighted by Crippen LogP contribution is -2.45. The van der Waals surface area contributed by atoms with E-state index in [-0.39, 0.29) is 23.3 Å². The van der Waals surface area contributed by atoms with E-state index in [1.165, 1.54) is 28.6 Å². The van der Waals surface area contributed by atoms with Crippen LogP contribution >= 0.6 is 23.1 Å². The lowest BCUT2D eigenvalue weighted by molar-refractivity contribution is -0.135. The minimum atomic E-state index is 0.0215. The van der Waals surface area contributed by atoms with Crippen LogP contribution < -0.4 is 5.56 Å². The highest BCUT2D eigenvalue weighted by atomic mass is 32.2. The molecule has 1 fully saturated rings. The van der Waals surface area contributed by atoms with Crippen LogP contribution in [0.1, 0.15) is 35.8 Å². The molecule has 3 heterocycles. The molecule has 2 aliphatic rings. The second-order valence-electron chi connectivity index (χ2n) is 8.47. The van der Waals surface area contributed by atoms with E-state index in [1.54, 1.807) is 15.9 Å². The number of hydrogen-bond donors (Lipinski definition) is 0. The zero-order chi connectivity index (χ0) is 22.1. The number of carbonyl (C=O) groups is 1. The van der Waals surface area contributed by atoms with Crippen LogP contribution in [-0.2, 0) is 28.9 Å². The van der Waals surface area contributed by atoms with Crippen LogP contribution in [0.2, 0.25) is 0 Å². The van der Waals surface area contributed by atoms with Crippen LogP contribution in [0.15, 0.2) is 40.3 Å². The fourth-order valence-electron chi connectivity index (χ4n) is 4.50. The first-order valence-corrected chi connectivity index (χ1v) is 13.0. The van der Waals surface area contributed by atoms with Crippen molar-refractivity contribution < 1.29 is 9.53 Å². The van der Waals surface area contributed by atoms with E-state index in [4.69, 9.17) is 9.72 Å². The Labute approximate surface area is 195 Å². The Kier molecular flexibility index (Phi) is 6.35. The summed E-state index contributed by atoms with van der Waals surface area (Å²) in [5.74, 6) is 0.334. The number of aryl methyl sites for hydroxylation is 2. The van der Waals surface area contributed by atoms with Crippen molar-refractivity contribution in [1.82, 2.24) is 14.5 Å². The molecule has 8 heteroatoms. The molecular formula is C24H27N3O3S2. The summed E-state index contributed by atoms with van der Waals surface area (Å²) < 4.78 is 7.32. The second-order valence-corrected chi connectivity index (χ2v) is 10.5. The topological polar surface area (TPSA) is 64.4 Å². The van der Waals surface area contributed by atoms with E-state index < -0.39 is 0 Å². The molecule has 0 radical (unpaired) electrons. The fraction of sp³-hybridized carbons (Fsp3) is 0.458. The van der Waals surface area contributed by atoms with Crippen LogP contribution in [-0.4, -0.2) is 51.9 Å². The molecule has 1 amide bonds. The Morgan fingerprint density at radius 1 is 1.25 bits per heavy atom. The number of ether oxygens (including phenoxy) is 1. The number of amides is 1. The van der Waals surface area contributed by atoms with E-state index in [0.717, 1.165) is 35.0 Å². The van der Waals surface area contributed by atoms with Gasteiger partial charge in [0.05, 0.1) is 30.4 Å². The molecule has 168 valence electrons. The van der Waals surface area contributed by atoms with Crippen LogP contribution in [0.25, 0.3) is 10.2 Å². The van der Waals surface area contributed by atoms with E-state index in [9.17, 15) is 9.59 Å². The summed E-state index contributed by atoms with van der Waals surface area (Å²) in [6.07, 6.45) is 4.34. The Morgan fingerprint density at radius 3 is 2.88 bits per heavy atom. The van der Waals surface area contributed by atoms with Gasteiger partial charge in [0.1, 0.15) is 4.83 Å². The van der Waals surface area contributed by atoms with Crippen molar-refractivity contribution in [3.8, 4) is 0 Å². The van der Waals surface area contributed by atoms with E-state index in [0.29, 0.717) is 31.4 Å². The minimum Gasteiger partial charge on any atom is -0.375 e. The molecule has 0 saturated carbocycles. The van der Waals surface area contributed by atoms with Crippen LogP contribution in [0.5, 0.6) is 0 Å². The molecule has 3 aromatic rings. The van der Waals surface area contributed by atoms with Gasteiger partial charge in [-0.25, -0.2) is 4.98 Å². The van der Waals surface area contributed by atoms with Crippen molar-refractivity contribution in [2.75, 3.05) is 25.4 Å². The van der Waals surface area contributed by atoms with Crippen molar-refractivity contribution in [3.63, 3.8) is 0 Å². The number of aromatic nitrogens is 2. The lowest BCUT2D eigenvalue weighted by atomic mass is 9.97. The van der Waals surface area contributed by atoms with Crippen molar-refractivity contribution in [3.05, 3.63) is 56.7 Å². The van der Waals surface area contributed by atoms with Crippen LogP contribution in [0.3, 0.4) is 0 Å². The number of rotatable bonds is 5. The van der Waals surface area contributed by atoms with Gasteiger partial charge in [-0.05, 0) is 43.7 Å². The van der Waals surface area contributed by atoms with Gasteiger partial charge in [-0.3, -0.25) is 14.2 Å². The molecule has 1 aliphatic heterocycles. The summed E-state index contributed by atoms with van der Waals surface area (Å²) >= 11 is 3.03. The van der Waals surface area contributed by atoms with Gasteiger partial charge in [-0.15, -0.1) is 11.3 Å². The van der Waals surface area contributed by atoms with Gasteiger partial charge < -0.3 is 9.64 Å². The van der Waals surface area contributed by atoms with Gasteiger partial charge in [0, 0.05) is 18.0 Å². The van der Waals surface area contributed by atoms with Gasteiger partial charge in [0.15, 0.2) is 5.16 Å². The molecule has 32 heavy (non-hydrogen) atoms. The highest BCUT2D eigenvalue weighted by Gasteiger charge is 2.25. The molecule has 1 aliphatic carbocycles. The highest BCUT2D eigenvalue weighted by Crippen LogP contribution is 2.34. The standard InChI is InChI=1S/C24H27N3O3S2/c1-16-13-26(11-12-30-16)20(28)15-31-24-25-22-21(18-9-5-6-10-19(18)32-22)23(29)27(24)14-17-7-3-2-4-8-17/h2-4,7-8,16H,5-6,9-15H2,1H3/t16-/m1/s1. The molecule has 1 aromatic carbocycles. The number of thioether (sulfide) groups is 1. The molecule has 2 aromatic heterocycles. The summed E-state index contributed by atoms with van der Waals surface area (Å²) in [6, 6.07) is 9.98. The van der Waals surface area contributed by atoms with Gasteiger partial charge in [0.25, 0.3) is 5.56 Å². The molecule has 0 bridgehead atoms. The van der Waals surface area contributed by atoms with Gasteiger partial charge >= 0.3 is 0 Å². The Morgan fingerprint density at radius 2 is 2.06 bits per heavy atom. The smallest absolute Gasteiger partial charge is 0.263 e. The summed E-state index contributed by atoms with van der Waals surface area (Å²) in [5.41, 5.74) is 2.27. The Balaban J connectivity index is 1.49. The third kappa shape index (κ3) is 4.36. The third-order valence-electron chi connectivity index (χ3n) is 6.14. The van der Waals surface area contributed by atoms with Crippen molar-refractivity contribution >= 4 is 39.2 Å². The summed E-state index contributed by atoms with van der Waals surface area (Å²) in [4.78, 5) is 35.4. The number of benzene rings is 1. The van der Waals surface area contributed by atoms with E-state index >= 15 is 0 Å². The summed E-state index contributed by atoms with van der Waals surface area (Å²) in [6.45, 7) is 4.24. The van der Waals surface area contributed by atoms with Crippen LogP contribution in [0, 0.1) is 0 Å². The largest absolute Gasteiger partial charge is 0.375 e. The van der Waals surface area contributed by atoms with Crippen molar-refractivity contribution in [2.24, 2.45) is 0 Å². The zero-order valence-electron chi connectivity index (χ0n) is 18.2. The maximum Gasteiger partial charge on any atom is 0.263 e. The number of hydrogen-bond acceptors (Lipinski definition) is 6. The van der Waals surface area contributed by atoms with Gasteiger partial charge in [-0.1, -0.05) is 42.1 Å². The molecule has 1 atom stereocenters. The van der Waals surface area contributed by atoms with E-state index in [1.807, 2.05) is 42.2 Å². The normalized spacial score (nSPS) is 18.7. The molecule has 6 nitrogen and oxygen atoms in total. The molecule has 0 spiro atoms. The molecule has 5 rings (SSSR count). The first-order chi connectivity index (χ1) is 15.6. The Hall–Kier alpha value is -2.16. The van der Waals surface area contributed by atoms with Crippen molar-refractivity contribution in [2.45, 2.75) is 50.4 Å². The predicted octanol–water partition coefficient (Wildman–Crippen LogP) is 3.72. The molecular weight excluding hydrogens is 442 g/mol. The maximum absolute atomic E-state index is 13.7. The van der Waals surface area contributed by atoms with Gasteiger partial charge in [0.2, 0.25) is 5.91 Å². The second kappa shape index (κ2) is 9.37. The quantitative estimate of drug-likeness (QED) is 0.421. The number of morpholine rings is 1. The fourth-order valence-corrected chi connectivity index (χ4v) is 6.70. The highest BCUT2D eigenvalue weighted by molar-refractivity contribution is 7.99. The maximum atomic E-state index is 13.7. The van der Waals surface area contributed by atoms with Gasteiger partial charge in [-0.2, -0.15) is 0 Å². The first kappa shape index (κ1) is 21.7. The Bertz CT molecular complexity index is 1190. The predicted molar refractivity (Wildman–Crippen MR) is 129 cm³/mol. The average Bonchev–Trinajstić information content (AvgIpc) is 3.19. The number of nitrogens with zero attached hydrogens (tertiary/aromatic N) is 3.